The van der Waals surface area contributed by atoms with Gasteiger partial charge in [-0.05, 0) is 43.7 Å². The van der Waals surface area contributed by atoms with E-state index in [-0.39, 0.29) is 23.2 Å². The molecular weight excluding hydrogens is 556 g/mol. The Labute approximate surface area is 226 Å². The quantitative estimate of drug-likeness (QED) is 0.359. The standard InChI is InChI=1S/C23H27Cl4N3O4S/c1-4-5-11-28-23(32)15(2)29(13-17-18(25)7-6-8-19(17)26)22(31)14-30(35(3,33)34)21-10-9-16(24)12-20(21)27/h6-10,12,15H,4-5,11,13-14H2,1-3H3,(H,28,32)/t15-/m0/s1. The van der Waals surface area contributed by atoms with Crippen LogP contribution in [-0.2, 0) is 26.2 Å². The van der Waals surface area contributed by atoms with E-state index in [1.165, 1.54) is 23.1 Å². The molecule has 0 unspecified atom stereocenters. The van der Waals surface area contributed by atoms with Crippen LogP contribution in [0.15, 0.2) is 36.4 Å². The fraction of sp³-hybridized carbons (Fsp3) is 0.391. The summed E-state index contributed by atoms with van der Waals surface area (Å²) in [5.74, 6) is -1.03. The second kappa shape index (κ2) is 13.0. The minimum Gasteiger partial charge on any atom is -0.354 e. The predicted octanol–water partition coefficient (Wildman–Crippen LogP) is 5.40. The Balaban J connectivity index is 2.44. The summed E-state index contributed by atoms with van der Waals surface area (Å²) in [6.45, 7) is 3.29. The minimum absolute atomic E-state index is 0.0572. The zero-order chi connectivity index (χ0) is 26.3. The maximum absolute atomic E-state index is 13.5. The third-order valence-corrected chi connectivity index (χ3v) is 7.62. The lowest BCUT2D eigenvalue weighted by molar-refractivity contribution is -0.139. The zero-order valence-electron chi connectivity index (χ0n) is 19.5. The fourth-order valence-electron chi connectivity index (χ4n) is 3.25. The summed E-state index contributed by atoms with van der Waals surface area (Å²) in [7, 11) is -3.93. The van der Waals surface area contributed by atoms with E-state index in [2.05, 4.69) is 5.32 Å². The van der Waals surface area contributed by atoms with Crippen molar-refractivity contribution in [3.05, 3.63) is 62.1 Å². The van der Waals surface area contributed by atoms with Crippen LogP contribution in [0.5, 0.6) is 0 Å². The Kier molecular flexibility index (Phi) is 11.0. The van der Waals surface area contributed by atoms with Gasteiger partial charge in [-0.2, -0.15) is 0 Å². The highest BCUT2D eigenvalue weighted by atomic mass is 35.5. The van der Waals surface area contributed by atoms with Crippen LogP contribution in [0.3, 0.4) is 0 Å². The van der Waals surface area contributed by atoms with Crippen molar-refractivity contribution in [2.75, 3.05) is 23.7 Å². The second-order valence-corrected chi connectivity index (χ2v) is 11.5. The van der Waals surface area contributed by atoms with Crippen molar-refractivity contribution in [2.24, 2.45) is 0 Å². The highest BCUT2D eigenvalue weighted by Gasteiger charge is 2.31. The summed E-state index contributed by atoms with van der Waals surface area (Å²) < 4.78 is 26.1. The van der Waals surface area contributed by atoms with Gasteiger partial charge < -0.3 is 10.2 Å². The molecule has 0 fully saturated rings. The molecule has 2 rings (SSSR count). The van der Waals surface area contributed by atoms with Gasteiger partial charge in [-0.1, -0.05) is 65.8 Å². The molecule has 0 radical (unpaired) electrons. The molecule has 192 valence electrons. The van der Waals surface area contributed by atoms with E-state index in [1.54, 1.807) is 25.1 Å². The zero-order valence-corrected chi connectivity index (χ0v) is 23.4. The molecule has 0 spiro atoms. The molecule has 12 heteroatoms. The van der Waals surface area contributed by atoms with Crippen LogP contribution in [0, 0.1) is 0 Å². The van der Waals surface area contributed by atoms with Crippen molar-refractivity contribution in [2.45, 2.75) is 39.3 Å². The first kappa shape index (κ1) is 29.5. The summed E-state index contributed by atoms with van der Waals surface area (Å²) in [5, 5.41) is 3.79. The molecule has 0 bridgehead atoms. The lowest BCUT2D eigenvalue weighted by Gasteiger charge is -2.32. The molecule has 1 atom stereocenters. The number of anilines is 1. The number of hydrogen-bond acceptors (Lipinski definition) is 4. The van der Waals surface area contributed by atoms with Gasteiger partial charge in [0.1, 0.15) is 12.6 Å². The number of halogens is 4. The predicted molar refractivity (Wildman–Crippen MR) is 143 cm³/mol. The smallest absolute Gasteiger partial charge is 0.244 e. The SMILES string of the molecule is CCCCNC(=O)[C@H](C)N(Cc1c(Cl)cccc1Cl)C(=O)CN(c1ccc(Cl)cc1Cl)S(C)(=O)=O. The topological polar surface area (TPSA) is 86.8 Å². The molecule has 1 N–H and O–H groups in total. The van der Waals surface area contributed by atoms with Crippen molar-refractivity contribution < 1.29 is 18.0 Å². The molecule has 35 heavy (non-hydrogen) atoms. The molecule has 0 aliphatic heterocycles. The lowest BCUT2D eigenvalue weighted by atomic mass is 10.1. The molecule has 0 aliphatic rings. The van der Waals surface area contributed by atoms with Crippen molar-refractivity contribution >= 4 is 73.9 Å². The molecule has 0 saturated heterocycles. The van der Waals surface area contributed by atoms with Gasteiger partial charge in [0.05, 0.1) is 17.0 Å². The third kappa shape index (κ3) is 8.15. The molecule has 0 heterocycles. The van der Waals surface area contributed by atoms with Gasteiger partial charge in [-0.15, -0.1) is 0 Å². The van der Waals surface area contributed by atoms with Crippen molar-refractivity contribution in [3.63, 3.8) is 0 Å². The molecule has 2 aromatic carbocycles. The maximum atomic E-state index is 13.5. The Morgan fingerprint density at radius 3 is 2.20 bits per heavy atom. The van der Waals surface area contributed by atoms with E-state index < -0.39 is 28.5 Å². The molecule has 0 aliphatic carbocycles. The Bertz CT molecular complexity index is 1160. The monoisotopic (exact) mass is 581 g/mol. The van der Waals surface area contributed by atoms with E-state index in [9.17, 15) is 18.0 Å². The fourth-order valence-corrected chi connectivity index (χ4v) is 5.19. The number of unbranched alkanes of at least 4 members (excludes halogenated alkanes) is 1. The van der Waals surface area contributed by atoms with Gasteiger partial charge in [-0.25, -0.2) is 8.42 Å². The Morgan fingerprint density at radius 2 is 1.66 bits per heavy atom. The number of hydrogen-bond donors (Lipinski definition) is 1. The number of amides is 2. The average molecular weight is 583 g/mol. The largest absolute Gasteiger partial charge is 0.354 e. The number of carbonyl (C=O) groups is 2. The minimum atomic E-state index is -3.93. The van der Waals surface area contributed by atoms with Crippen molar-refractivity contribution in [1.82, 2.24) is 10.2 Å². The van der Waals surface area contributed by atoms with Gasteiger partial charge in [0.2, 0.25) is 21.8 Å². The molecule has 2 aromatic rings. The van der Waals surface area contributed by atoms with Crippen molar-refractivity contribution in [3.8, 4) is 0 Å². The van der Waals surface area contributed by atoms with Crippen LogP contribution in [0.25, 0.3) is 0 Å². The van der Waals surface area contributed by atoms with Crippen LogP contribution in [0.1, 0.15) is 32.3 Å². The number of carbonyl (C=O) groups excluding carboxylic acids is 2. The first-order chi connectivity index (χ1) is 16.4. The summed E-state index contributed by atoms with van der Waals surface area (Å²) in [6, 6.07) is 8.22. The first-order valence-electron chi connectivity index (χ1n) is 10.8. The summed E-state index contributed by atoms with van der Waals surface area (Å²) in [6.07, 6.45) is 2.62. The average Bonchev–Trinajstić information content (AvgIpc) is 2.76. The number of nitrogens with one attached hydrogen (secondary N) is 1. The Morgan fingerprint density at radius 1 is 1.03 bits per heavy atom. The van der Waals surface area contributed by atoms with Gasteiger partial charge in [-0.3, -0.25) is 13.9 Å². The maximum Gasteiger partial charge on any atom is 0.244 e. The van der Waals surface area contributed by atoms with E-state index in [1.807, 2.05) is 6.92 Å². The summed E-state index contributed by atoms with van der Waals surface area (Å²) in [4.78, 5) is 27.6. The first-order valence-corrected chi connectivity index (χ1v) is 14.2. The van der Waals surface area contributed by atoms with E-state index in [0.29, 0.717) is 27.2 Å². The number of rotatable bonds is 11. The molecule has 2 amide bonds. The third-order valence-electron chi connectivity index (χ3n) is 5.24. The van der Waals surface area contributed by atoms with Gasteiger partial charge in [0.15, 0.2) is 0 Å². The number of nitrogens with zero attached hydrogens (tertiary/aromatic N) is 2. The van der Waals surface area contributed by atoms with Crippen LogP contribution in [0.4, 0.5) is 5.69 Å². The molecule has 7 nitrogen and oxygen atoms in total. The lowest BCUT2D eigenvalue weighted by Crippen LogP contribution is -2.51. The van der Waals surface area contributed by atoms with E-state index in [4.69, 9.17) is 46.4 Å². The number of benzene rings is 2. The van der Waals surface area contributed by atoms with Gasteiger partial charge in [0, 0.05) is 33.7 Å². The molecule has 0 saturated carbocycles. The molecular formula is C23H27Cl4N3O4S. The van der Waals surface area contributed by atoms with Crippen LogP contribution in [-0.4, -0.2) is 50.5 Å². The van der Waals surface area contributed by atoms with E-state index >= 15 is 0 Å². The highest BCUT2D eigenvalue weighted by molar-refractivity contribution is 7.92. The number of sulfonamides is 1. The normalized spacial score (nSPS) is 12.2. The van der Waals surface area contributed by atoms with Crippen molar-refractivity contribution in [1.29, 1.82) is 0 Å². The summed E-state index contributed by atoms with van der Waals surface area (Å²) >= 11 is 24.8. The van der Waals surface area contributed by atoms with Crippen LogP contribution < -0.4 is 9.62 Å². The highest BCUT2D eigenvalue weighted by Crippen LogP contribution is 2.31. The van der Waals surface area contributed by atoms with E-state index in [0.717, 1.165) is 23.4 Å². The Hall–Kier alpha value is -1.71. The summed E-state index contributed by atoms with van der Waals surface area (Å²) in [5.41, 5.74) is 0.524. The van der Waals surface area contributed by atoms with Crippen LogP contribution in [0.2, 0.25) is 20.1 Å². The van der Waals surface area contributed by atoms with Gasteiger partial charge >= 0.3 is 0 Å². The van der Waals surface area contributed by atoms with Gasteiger partial charge in [0.25, 0.3) is 0 Å². The molecule has 0 aromatic heterocycles. The van der Waals surface area contributed by atoms with Crippen LogP contribution >= 0.6 is 46.4 Å². The second-order valence-electron chi connectivity index (χ2n) is 7.91.